The number of urea groups is 1. The van der Waals surface area contributed by atoms with Crippen LogP contribution in [0, 0.1) is 6.92 Å². The van der Waals surface area contributed by atoms with Crippen molar-refractivity contribution in [3.63, 3.8) is 0 Å². The average molecular weight is 341 g/mol. The maximum absolute atomic E-state index is 12.8. The van der Waals surface area contributed by atoms with Gasteiger partial charge in [-0.15, -0.1) is 0 Å². The molecule has 0 aromatic heterocycles. The van der Waals surface area contributed by atoms with E-state index in [1.54, 1.807) is 9.80 Å². The minimum absolute atomic E-state index is 0.118. The number of hydrogen-bond acceptors (Lipinski definition) is 3. The molecule has 0 radical (unpaired) electrons. The molecule has 3 heterocycles. The topological polar surface area (TPSA) is 60.9 Å². The van der Waals surface area contributed by atoms with E-state index in [4.69, 9.17) is 0 Å². The summed E-state index contributed by atoms with van der Waals surface area (Å²) in [5.74, 6) is -0.322. The molecule has 0 saturated carbocycles. The van der Waals surface area contributed by atoms with Gasteiger partial charge in [-0.25, -0.2) is 9.69 Å². The van der Waals surface area contributed by atoms with Gasteiger partial charge in [-0.2, -0.15) is 0 Å². The maximum atomic E-state index is 12.8. The zero-order valence-corrected chi connectivity index (χ0v) is 14.7. The molecule has 1 aromatic carbocycles. The highest BCUT2D eigenvalue weighted by atomic mass is 16.2. The predicted octanol–water partition coefficient (Wildman–Crippen LogP) is 1.91. The third kappa shape index (κ3) is 2.34. The molecular formula is C19H23N3O3. The largest absolute Gasteiger partial charge is 0.336 e. The standard InChI is InChI=1S/C19H23N3O3/c1-13-4-6-14(7-5-13)12-20-11-8-15(16(20)23)22-17(24)19(2)9-3-10-21(19)18(22)25/h4-7,15H,3,8-12H2,1-2H3. The Hall–Kier alpha value is -2.37. The summed E-state index contributed by atoms with van der Waals surface area (Å²) in [5, 5.41) is 0. The van der Waals surface area contributed by atoms with Gasteiger partial charge in [0.05, 0.1) is 0 Å². The van der Waals surface area contributed by atoms with Crippen molar-refractivity contribution < 1.29 is 14.4 Å². The van der Waals surface area contributed by atoms with Gasteiger partial charge in [0.1, 0.15) is 11.6 Å². The molecule has 0 spiro atoms. The highest BCUT2D eigenvalue weighted by Gasteiger charge is 2.59. The summed E-state index contributed by atoms with van der Waals surface area (Å²) >= 11 is 0. The molecule has 3 aliphatic rings. The lowest BCUT2D eigenvalue weighted by Crippen LogP contribution is -2.47. The Morgan fingerprint density at radius 1 is 1.12 bits per heavy atom. The van der Waals surface area contributed by atoms with E-state index in [-0.39, 0.29) is 17.8 Å². The molecule has 4 amide bonds. The molecule has 2 atom stereocenters. The SMILES string of the molecule is Cc1ccc(CN2CCC(N3C(=O)N4CCCC4(C)C3=O)C2=O)cc1. The van der Waals surface area contributed by atoms with Crippen LogP contribution in [-0.2, 0) is 16.1 Å². The van der Waals surface area contributed by atoms with E-state index in [2.05, 4.69) is 0 Å². The molecule has 4 rings (SSSR count). The summed E-state index contributed by atoms with van der Waals surface area (Å²) < 4.78 is 0. The number of nitrogens with zero attached hydrogens (tertiary/aromatic N) is 3. The number of hydrogen-bond donors (Lipinski definition) is 0. The van der Waals surface area contributed by atoms with Gasteiger partial charge in [-0.1, -0.05) is 29.8 Å². The van der Waals surface area contributed by atoms with Crippen LogP contribution in [0.3, 0.4) is 0 Å². The van der Waals surface area contributed by atoms with Crippen LogP contribution in [0.4, 0.5) is 4.79 Å². The van der Waals surface area contributed by atoms with Gasteiger partial charge in [0.15, 0.2) is 0 Å². The van der Waals surface area contributed by atoms with Gasteiger partial charge < -0.3 is 9.80 Å². The number of rotatable bonds is 3. The number of carbonyl (C=O) groups is 3. The Bertz CT molecular complexity index is 745. The van der Waals surface area contributed by atoms with E-state index in [1.165, 1.54) is 10.5 Å². The van der Waals surface area contributed by atoms with E-state index in [1.807, 2.05) is 38.1 Å². The van der Waals surface area contributed by atoms with E-state index in [0.29, 0.717) is 32.5 Å². The summed E-state index contributed by atoms with van der Waals surface area (Å²) in [7, 11) is 0. The molecule has 3 fully saturated rings. The predicted molar refractivity (Wildman–Crippen MR) is 91.6 cm³/mol. The summed E-state index contributed by atoms with van der Waals surface area (Å²) in [6.45, 7) is 5.55. The Balaban J connectivity index is 1.51. The lowest BCUT2D eigenvalue weighted by Gasteiger charge is -2.23. The third-order valence-electron chi connectivity index (χ3n) is 5.83. The van der Waals surface area contributed by atoms with Crippen molar-refractivity contribution in [3.05, 3.63) is 35.4 Å². The molecule has 6 heteroatoms. The lowest BCUT2D eigenvalue weighted by molar-refractivity contribution is -0.140. The highest BCUT2D eigenvalue weighted by Crippen LogP contribution is 2.39. The van der Waals surface area contributed by atoms with E-state index < -0.39 is 11.6 Å². The molecule has 2 unspecified atom stereocenters. The quantitative estimate of drug-likeness (QED) is 0.789. The molecule has 0 aliphatic carbocycles. The van der Waals surface area contributed by atoms with Gasteiger partial charge in [0.25, 0.3) is 5.91 Å². The first-order valence-electron chi connectivity index (χ1n) is 8.91. The monoisotopic (exact) mass is 341 g/mol. The molecule has 132 valence electrons. The minimum Gasteiger partial charge on any atom is -0.336 e. The highest BCUT2D eigenvalue weighted by molar-refractivity contribution is 6.10. The number of benzene rings is 1. The molecule has 3 saturated heterocycles. The smallest absolute Gasteiger partial charge is 0.328 e. The number of likely N-dealkylation sites (tertiary alicyclic amines) is 1. The molecule has 6 nitrogen and oxygen atoms in total. The van der Waals surface area contributed by atoms with Crippen molar-refractivity contribution in [1.82, 2.24) is 14.7 Å². The molecule has 0 N–H and O–H groups in total. The Morgan fingerprint density at radius 2 is 1.84 bits per heavy atom. The first kappa shape index (κ1) is 16.1. The van der Waals surface area contributed by atoms with Crippen LogP contribution in [0.2, 0.25) is 0 Å². The van der Waals surface area contributed by atoms with Crippen LogP contribution in [0.5, 0.6) is 0 Å². The fraction of sp³-hybridized carbons (Fsp3) is 0.526. The Labute approximate surface area is 147 Å². The Morgan fingerprint density at radius 3 is 2.52 bits per heavy atom. The summed E-state index contributed by atoms with van der Waals surface area (Å²) in [6, 6.07) is 7.14. The zero-order chi connectivity index (χ0) is 17.8. The fourth-order valence-electron chi connectivity index (χ4n) is 4.28. The van der Waals surface area contributed by atoms with Crippen LogP contribution >= 0.6 is 0 Å². The number of amides is 4. The van der Waals surface area contributed by atoms with Crippen molar-refractivity contribution in [1.29, 1.82) is 0 Å². The van der Waals surface area contributed by atoms with Gasteiger partial charge in [-0.3, -0.25) is 9.59 Å². The molecule has 0 bridgehead atoms. The summed E-state index contributed by atoms with van der Waals surface area (Å²) in [5.41, 5.74) is 1.49. The van der Waals surface area contributed by atoms with Gasteiger partial charge in [-0.05, 0) is 38.7 Å². The molecule has 25 heavy (non-hydrogen) atoms. The fourth-order valence-corrected chi connectivity index (χ4v) is 4.28. The second-order valence-corrected chi connectivity index (χ2v) is 7.54. The summed E-state index contributed by atoms with van der Waals surface area (Å²) in [6.07, 6.45) is 2.05. The molecular weight excluding hydrogens is 318 g/mol. The van der Waals surface area contributed by atoms with Crippen molar-refractivity contribution in [2.45, 2.75) is 51.2 Å². The second-order valence-electron chi connectivity index (χ2n) is 7.54. The van der Waals surface area contributed by atoms with Gasteiger partial charge >= 0.3 is 6.03 Å². The van der Waals surface area contributed by atoms with Crippen molar-refractivity contribution >= 4 is 17.8 Å². The average Bonchev–Trinajstić information content (AvgIpc) is 3.19. The van der Waals surface area contributed by atoms with E-state index in [9.17, 15) is 14.4 Å². The van der Waals surface area contributed by atoms with Crippen LogP contribution in [0.25, 0.3) is 0 Å². The van der Waals surface area contributed by atoms with Gasteiger partial charge in [0.2, 0.25) is 5.91 Å². The normalized spacial score (nSPS) is 29.1. The molecule has 1 aromatic rings. The van der Waals surface area contributed by atoms with Crippen LogP contribution in [-0.4, -0.2) is 57.2 Å². The maximum Gasteiger partial charge on any atom is 0.328 e. The summed E-state index contributed by atoms with van der Waals surface area (Å²) in [4.78, 5) is 43.0. The number of imide groups is 1. The van der Waals surface area contributed by atoms with Crippen molar-refractivity contribution in [2.75, 3.05) is 13.1 Å². The number of aryl methyl sites for hydroxylation is 1. The van der Waals surface area contributed by atoms with Crippen molar-refractivity contribution in [3.8, 4) is 0 Å². The van der Waals surface area contributed by atoms with Crippen LogP contribution < -0.4 is 0 Å². The first-order chi connectivity index (χ1) is 11.9. The number of fused-ring (bicyclic) bond motifs is 1. The van der Waals surface area contributed by atoms with E-state index in [0.717, 1.165) is 12.0 Å². The van der Waals surface area contributed by atoms with Gasteiger partial charge in [0, 0.05) is 19.6 Å². The zero-order valence-electron chi connectivity index (χ0n) is 14.7. The van der Waals surface area contributed by atoms with Crippen LogP contribution in [0.15, 0.2) is 24.3 Å². The first-order valence-corrected chi connectivity index (χ1v) is 8.91. The van der Waals surface area contributed by atoms with E-state index >= 15 is 0 Å². The lowest BCUT2D eigenvalue weighted by atomic mass is 9.99. The minimum atomic E-state index is -0.748. The van der Waals surface area contributed by atoms with Crippen LogP contribution in [0.1, 0.15) is 37.3 Å². The second kappa shape index (κ2) is 5.58. The van der Waals surface area contributed by atoms with Crippen molar-refractivity contribution in [2.24, 2.45) is 0 Å². The molecule has 3 aliphatic heterocycles. The number of carbonyl (C=O) groups excluding carboxylic acids is 3. The Kier molecular flexibility index (Phi) is 3.60. The third-order valence-corrected chi connectivity index (χ3v) is 5.83.